The Balaban J connectivity index is 2.12. The van der Waals surface area contributed by atoms with Gasteiger partial charge in [-0.15, -0.1) is 0 Å². The van der Waals surface area contributed by atoms with Crippen molar-refractivity contribution in [3.63, 3.8) is 0 Å². The lowest BCUT2D eigenvalue weighted by Crippen LogP contribution is -2.11. The van der Waals surface area contributed by atoms with Crippen LogP contribution in [0.2, 0.25) is 0 Å². The number of ketones is 1. The second-order valence-corrected chi connectivity index (χ2v) is 6.49. The molecule has 0 aliphatic carbocycles. The van der Waals surface area contributed by atoms with Gasteiger partial charge in [-0.3, -0.25) is 4.79 Å². The van der Waals surface area contributed by atoms with Crippen molar-refractivity contribution in [3.8, 4) is 5.75 Å². The minimum atomic E-state index is -0.906. The summed E-state index contributed by atoms with van der Waals surface area (Å²) < 4.78 is 5.38. The van der Waals surface area contributed by atoms with Crippen molar-refractivity contribution in [2.24, 2.45) is 5.16 Å². The fourth-order valence-electron chi connectivity index (χ4n) is 2.00. The Labute approximate surface area is 155 Å². The molecular weight excluding hydrogens is 354 g/mol. The average Bonchev–Trinajstić information content (AvgIpc) is 2.61. The Morgan fingerprint density at radius 3 is 2.35 bits per heavy atom. The van der Waals surface area contributed by atoms with E-state index in [0.29, 0.717) is 11.3 Å². The van der Waals surface area contributed by atoms with Gasteiger partial charge < -0.3 is 14.7 Å². The summed E-state index contributed by atoms with van der Waals surface area (Å²) in [4.78, 5) is 29.2. The second kappa shape index (κ2) is 9.17. The summed E-state index contributed by atoms with van der Waals surface area (Å²) in [5, 5.41) is 12.9. The number of Topliss-reactive ketones (excluding diaryl/α,β-unsaturated/α-hetero) is 1. The highest BCUT2D eigenvalue weighted by atomic mass is 32.2. The van der Waals surface area contributed by atoms with Gasteiger partial charge in [0, 0.05) is 17.4 Å². The molecule has 136 valence electrons. The van der Waals surface area contributed by atoms with Crippen LogP contribution in [0.1, 0.15) is 31.1 Å². The van der Waals surface area contributed by atoms with Crippen LogP contribution < -0.4 is 4.74 Å². The van der Waals surface area contributed by atoms with Crippen molar-refractivity contribution in [3.05, 3.63) is 54.1 Å². The summed E-state index contributed by atoms with van der Waals surface area (Å²) in [6, 6.07) is 14.3. The van der Waals surface area contributed by atoms with E-state index in [2.05, 4.69) is 9.99 Å². The molecule has 0 aliphatic rings. The molecule has 7 heteroatoms. The van der Waals surface area contributed by atoms with Crippen molar-refractivity contribution in [1.82, 2.24) is 0 Å². The number of aliphatic hydroxyl groups excluding tert-OH is 1. The van der Waals surface area contributed by atoms with Crippen LogP contribution in [-0.4, -0.2) is 28.9 Å². The zero-order chi connectivity index (χ0) is 19.1. The summed E-state index contributed by atoms with van der Waals surface area (Å²) in [6.07, 6.45) is -0.906. The highest BCUT2D eigenvalue weighted by Crippen LogP contribution is 2.35. The van der Waals surface area contributed by atoms with Gasteiger partial charge in [-0.25, -0.2) is 4.79 Å². The van der Waals surface area contributed by atoms with Gasteiger partial charge in [-0.05, 0) is 50.2 Å². The highest BCUT2D eigenvalue weighted by Gasteiger charge is 2.12. The van der Waals surface area contributed by atoms with Crippen molar-refractivity contribution < 1.29 is 24.3 Å². The van der Waals surface area contributed by atoms with Crippen LogP contribution in [-0.2, 0) is 9.63 Å². The molecule has 2 aromatic carbocycles. The molecule has 0 spiro atoms. The van der Waals surface area contributed by atoms with Crippen LogP contribution in [0.3, 0.4) is 0 Å². The quantitative estimate of drug-likeness (QED) is 0.262. The summed E-state index contributed by atoms with van der Waals surface area (Å²) in [7, 11) is 0. The maximum atomic E-state index is 12.2. The predicted octanol–water partition coefficient (Wildman–Crippen LogP) is 3.68. The first kappa shape index (κ1) is 19.7. The third-order valence-corrected chi connectivity index (χ3v) is 4.20. The molecule has 2 aromatic rings. The molecule has 0 bridgehead atoms. The lowest BCUT2D eigenvalue weighted by Gasteiger charge is -2.13. The Morgan fingerprint density at radius 1 is 1.08 bits per heavy atom. The van der Waals surface area contributed by atoms with Crippen molar-refractivity contribution >= 4 is 29.2 Å². The minimum Gasteiger partial charge on any atom is -0.464 e. The normalized spacial score (nSPS) is 12.4. The molecule has 2 rings (SSSR count). The lowest BCUT2D eigenvalue weighted by atomic mass is 10.1. The van der Waals surface area contributed by atoms with E-state index in [0.717, 1.165) is 9.79 Å². The number of benzene rings is 2. The molecule has 6 nitrogen and oxygen atoms in total. The average molecular weight is 373 g/mol. The van der Waals surface area contributed by atoms with Crippen molar-refractivity contribution in [2.45, 2.75) is 36.9 Å². The van der Waals surface area contributed by atoms with E-state index in [4.69, 9.17) is 4.74 Å². The molecular formula is C19H19NO5S. The molecule has 0 fully saturated rings. The number of ether oxygens (including phenoxy) is 1. The first-order valence-electron chi connectivity index (χ1n) is 7.85. The topological polar surface area (TPSA) is 85.2 Å². The van der Waals surface area contributed by atoms with Crippen LogP contribution in [0.4, 0.5) is 0 Å². The molecule has 1 N–H and O–H groups in total. The number of nitrogens with zero attached hydrogens (tertiary/aromatic N) is 1. The number of rotatable bonds is 7. The van der Waals surface area contributed by atoms with E-state index in [1.54, 1.807) is 37.3 Å². The zero-order valence-corrected chi connectivity index (χ0v) is 15.4. The summed E-state index contributed by atoms with van der Waals surface area (Å²) in [5.74, 6) is -0.320. The van der Waals surface area contributed by atoms with E-state index in [1.165, 1.54) is 25.6 Å². The Kier molecular flexibility index (Phi) is 6.94. The van der Waals surface area contributed by atoms with Crippen LogP contribution in [0.15, 0.2) is 63.5 Å². The van der Waals surface area contributed by atoms with E-state index in [1.807, 2.05) is 18.2 Å². The number of carbonyl (C=O) groups is 2. The molecule has 0 saturated carbocycles. The number of para-hydroxylation sites is 1. The van der Waals surface area contributed by atoms with E-state index in [9.17, 15) is 14.7 Å². The van der Waals surface area contributed by atoms with Gasteiger partial charge in [0.15, 0.2) is 6.29 Å². The number of carbonyl (C=O) groups excluding carboxylic acids is 2. The van der Waals surface area contributed by atoms with Gasteiger partial charge in [0.25, 0.3) is 0 Å². The maximum absolute atomic E-state index is 12.2. The van der Waals surface area contributed by atoms with Crippen LogP contribution in [0, 0.1) is 0 Å². The Morgan fingerprint density at radius 2 is 1.73 bits per heavy atom. The third-order valence-electron chi connectivity index (χ3n) is 3.13. The number of oxime groups is 1. The monoisotopic (exact) mass is 373 g/mol. The zero-order valence-electron chi connectivity index (χ0n) is 14.6. The van der Waals surface area contributed by atoms with Gasteiger partial charge >= 0.3 is 5.97 Å². The molecule has 0 aliphatic heterocycles. The molecule has 26 heavy (non-hydrogen) atoms. The van der Waals surface area contributed by atoms with Gasteiger partial charge in [0.2, 0.25) is 5.78 Å². The van der Waals surface area contributed by atoms with E-state index < -0.39 is 12.3 Å². The minimum absolute atomic E-state index is 0.0938. The van der Waals surface area contributed by atoms with Crippen LogP contribution in [0.25, 0.3) is 0 Å². The highest BCUT2D eigenvalue weighted by molar-refractivity contribution is 7.99. The smallest absolute Gasteiger partial charge is 0.331 e. The molecule has 0 aromatic heterocycles. The number of hydrogen-bond donors (Lipinski definition) is 1. The standard InChI is InChI=1S/C19H19NO5S/c1-12(20-25-14(3)22)19(23)15-8-10-16(11-9-15)26-18-7-5-4-6-17(18)24-13(2)21/h4-11,13,21H,1-3H3/b20-12+. The van der Waals surface area contributed by atoms with Crippen molar-refractivity contribution in [1.29, 1.82) is 0 Å². The summed E-state index contributed by atoms with van der Waals surface area (Å²) >= 11 is 1.45. The Bertz CT molecular complexity index is 815. The van der Waals surface area contributed by atoms with Gasteiger partial charge in [0.05, 0.1) is 4.90 Å². The maximum Gasteiger partial charge on any atom is 0.331 e. The molecule has 1 atom stereocenters. The molecule has 0 amide bonds. The first-order valence-corrected chi connectivity index (χ1v) is 8.67. The van der Waals surface area contributed by atoms with Crippen LogP contribution in [0.5, 0.6) is 5.75 Å². The molecule has 0 heterocycles. The van der Waals surface area contributed by atoms with E-state index >= 15 is 0 Å². The van der Waals surface area contributed by atoms with E-state index in [-0.39, 0.29) is 11.5 Å². The third kappa shape index (κ3) is 5.72. The fraction of sp³-hybridized carbons (Fsp3) is 0.211. The van der Waals surface area contributed by atoms with Crippen LogP contribution >= 0.6 is 11.8 Å². The number of aliphatic hydroxyl groups is 1. The van der Waals surface area contributed by atoms with Gasteiger partial charge in [-0.2, -0.15) is 0 Å². The van der Waals surface area contributed by atoms with Gasteiger partial charge in [0.1, 0.15) is 11.5 Å². The number of hydrogen-bond acceptors (Lipinski definition) is 7. The Hall–Kier alpha value is -2.64. The second-order valence-electron chi connectivity index (χ2n) is 5.38. The SMILES string of the molecule is CC(=O)O/N=C(\C)C(=O)c1ccc(Sc2ccccc2OC(C)O)cc1. The molecule has 0 radical (unpaired) electrons. The van der Waals surface area contributed by atoms with Crippen molar-refractivity contribution in [2.75, 3.05) is 0 Å². The fourth-order valence-corrected chi connectivity index (χ4v) is 2.89. The summed E-state index contributed by atoms with van der Waals surface area (Å²) in [5.41, 5.74) is 0.535. The lowest BCUT2D eigenvalue weighted by molar-refractivity contribution is -0.140. The predicted molar refractivity (Wildman–Crippen MR) is 98.5 cm³/mol. The van der Waals surface area contributed by atoms with Gasteiger partial charge in [-0.1, -0.05) is 29.1 Å². The largest absolute Gasteiger partial charge is 0.464 e. The summed E-state index contributed by atoms with van der Waals surface area (Å²) in [6.45, 7) is 4.24. The molecule has 1 unspecified atom stereocenters. The molecule has 0 saturated heterocycles. The first-order chi connectivity index (χ1) is 12.4.